The molecular weight excluding hydrogens is 374 g/mol. The number of piperidine rings is 1. The fourth-order valence-electron chi connectivity index (χ4n) is 4.48. The van der Waals surface area contributed by atoms with Crippen LogP contribution in [0.2, 0.25) is 0 Å². The van der Waals surface area contributed by atoms with Crippen LogP contribution in [0.25, 0.3) is 0 Å². The molecule has 0 spiro atoms. The first-order chi connectivity index (χ1) is 14.6. The van der Waals surface area contributed by atoms with Crippen molar-refractivity contribution in [3.8, 4) is 0 Å². The smallest absolute Gasteiger partial charge is 0.254 e. The third-order valence-electron chi connectivity index (χ3n) is 6.43. The summed E-state index contributed by atoms with van der Waals surface area (Å²) in [6, 6.07) is 18.2. The highest BCUT2D eigenvalue weighted by Crippen LogP contribution is 2.23. The lowest BCUT2D eigenvalue weighted by atomic mass is 9.93. The van der Waals surface area contributed by atoms with Crippen LogP contribution in [0.3, 0.4) is 0 Å². The Morgan fingerprint density at radius 1 is 0.800 bits per heavy atom. The number of hydrogen-bond acceptors (Lipinski definition) is 3. The molecule has 2 aromatic carbocycles. The lowest BCUT2D eigenvalue weighted by Crippen LogP contribution is -2.51. The highest BCUT2D eigenvalue weighted by atomic mass is 16.2. The van der Waals surface area contributed by atoms with Crippen LogP contribution in [-0.4, -0.2) is 72.8 Å². The van der Waals surface area contributed by atoms with Gasteiger partial charge in [0.05, 0.1) is 0 Å². The Bertz CT molecular complexity index is 867. The van der Waals surface area contributed by atoms with Crippen molar-refractivity contribution < 1.29 is 9.59 Å². The van der Waals surface area contributed by atoms with Gasteiger partial charge in [0.15, 0.2) is 0 Å². The van der Waals surface area contributed by atoms with E-state index < -0.39 is 0 Å². The van der Waals surface area contributed by atoms with Crippen LogP contribution >= 0.6 is 0 Å². The number of carbonyl (C=O) groups excluding carboxylic acids is 2. The summed E-state index contributed by atoms with van der Waals surface area (Å²) in [5, 5.41) is 0. The number of piperazine rings is 1. The Kier molecular flexibility index (Phi) is 6.48. The molecule has 2 saturated heterocycles. The number of likely N-dealkylation sites (tertiary alicyclic amines) is 1. The Hall–Kier alpha value is -2.66. The normalized spacial score (nSPS) is 18.4. The van der Waals surface area contributed by atoms with E-state index in [4.69, 9.17) is 0 Å². The van der Waals surface area contributed by atoms with Crippen LogP contribution in [0.4, 0.5) is 0 Å². The van der Waals surface area contributed by atoms with E-state index in [0.717, 1.165) is 56.6 Å². The Morgan fingerprint density at radius 3 is 2.13 bits per heavy atom. The molecule has 0 aromatic heterocycles. The van der Waals surface area contributed by atoms with Gasteiger partial charge < -0.3 is 14.7 Å². The number of benzene rings is 2. The maximum Gasteiger partial charge on any atom is 0.254 e. The van der Waals surface area contributed by atoms with Gasteiger partial charge in [0.1, 0.15) is 0 Å². The summed E-state index contributed by atoms with van der Waals surface area (Å²) in [4.78, 5) is 32.3. The molecule has 4 rings (SSSR count). The Balaban J connectivity index is 1.37. The summed E-state index contributed by atoms with van der Waals surface area (Å²) in [5.41, 5.74) is 3.05. The van der Waals surface area contributed by atoms with Crippen molar-refractivity contribution in [2.75, 3.05) is 46.3 Å². The lowest BCUT2D eigenvalue weighted by molar-refractivity contribution is -0.138. The number of rotatable bonds is 4. The van der Waals surface area contributed by atoms with E-state index >= 15 is 0 Å². The van der Waals surface area contributed by atoms with E-state index in [2.05, 4.69) is 24.1 Å². The summed E-state index contributed by atoms with van der Waals surface area (Å²) in [5.74, 6) is 0.420. The highest BCUT2D eigenvalue weighted by molar-refractivity contribution is 5.96. The van der Waals surface area contributed by atoms with E-state index in [0.29, 0.717) is 13.1 Å². The van der Waals surface area contributed by atoms with Crippen molar-refractivity contribution in [2.45, 2.75) is 19.3 Å². The van der Waals surface area contributed by atoms with E-state index in [1.165, 1.54) is 5.56 Å². The lowest BCUT2D eigenvalue weighted by Gasteiger charge is -2.37. The Labute approximate surface area is 179 Å². The molecule has 158 valence electrons. The number of carbonyl (C=O) groups is 2. The van der Waals surface area contributed by atoms with E-state index in [1.807, 2.05) is 52.3 Å². The quantitative estimate of drug-likeness (QED) is 0.786. The molecule has 2 aromatic rings. The topological polar surface area (TPSA) is 43.9 Å². The van der Waals surface area contributed by atoms with Crippen LogP contribution in [0.15, 0.2) is 54.6 Å². The maximum absolute atomic E-state index is 13.3. The van der Waals surface area contributed by atoms with Gasteiger partial charge in [0.25, 0.3) is 5.91 Å². The number of likely N-dealkylation sites (N-methyl/N-ethyl adjacent to an activating group) is 1. The molecule has 0 radical (unpaired) electrons. The molecule has 2 aliphatic rings. The molecule has 2 heterocycles. The molecule has 0 N–H and O–H groups in total. The van der Waals surface area contributed by atoms with Crippen molar-refractivity contribution in [2.24, 2.45) is 5.92 Å². The van der Waals surface area contributed by atoms with Gasteiger partial charge in [0.2, 0.25) is 5.91 Å². The average molecular weight is 406 g/mol. The SMILES string of the molecule is CN1CCN(C(=O)C2CCN(C(=O)c3ccccc3Cc3ccccc3)CC2)CC1. The minimum Gasteiger partial charge on any atom is -0.340 e. The summed E-state index contributed by atoms with van der Waals surface area (Å²) in [6.45, 7) is 4.84. The summed E-state index contributed by atoms with van der Waals surface area (Å²) < 4.78 is 0. The predicted octanol–water partition coefficient (Wildman–Crippen LogP) is 2.90. The molecule has 0 atom stereocenters. The van der Waals surface area contributed by atoms with Gasteiger partial charge in [0, 0.05) is 50.7 Å². The largest absolute Gasteiger partial charge is 0.340 e. The average Bonchev–Trinajstić information content (AvgIpc) is 2.80. The number of nitrogens with zero attached hydrogens (tertiary/aromatic N) is 3. The first-order valence-corrected chi connectivity index (χ1v) is 11.0. The number of hydrogen-bond donors (Lipinski definition) is 0. The second-order valence-corrected chi connectivity index (χ2v) is 8.51. The highest BCUT2D eigenvalue weighted by Gasteiger charge is 2.31. The maximum atomic E-state index is 13.3. The molecule has 2 aliphatic heterocycles. The van der Waals surface area contributed by atoms with Gasteiger partial charge in [-0.1, -0.05) is 48.5 Å². The predicted molar refractivity (Wildman–Crippen MR) is 118 cm³/mol. The zero-order valence-corrected chi connectivity index (χ0v) is 17.8. The molecule has 0 saturated carbocycles. The van der Waals surface area contributed by atoms with Gasteiger partial charge in [-0.25, -0.2) is 0 Å². The molecule has 5 nitrogen and oxygen atoms in total. The van der Waals surface area contributed by atoms with E-state index in [1.54, 1.807) is 0 Å². The zero-order chi connectivity index (χ0) is 20.9. The molecule has 5 heteroatoms. The molecule has 30 heavy (non-hydrogen) atoms. The summed E-state index contributed by atoms with van der Waals surface area (Å²) in [7, 11) is 2.10. The van der Waals surface area contributed by atoms with Crippen molar-refractivity contribution in [1.82, 2.24) is 14.7 Å². The van der Waals surface area contributed by atoms with Crippen molar-refractivity contribution in [3.05, 3.63) is 71.3 Å². The van der Waals surface area contributed by atoms with Crippen LogP contribution in [-0.2, 0) is 11.2 Å². The van der Waals surface area contributed by atoms with Crippen molar-refractivity contribution >= 4 is 11.8 Å². The Morgan fingerprint density at radius 2 is 1.43 bits per heavy atom. The second kappa shape index (κ2) is 9.43. The van der Waals surface area contributed by atoms with Gasteiger partial charge in [-0.05, 0) is 43.5 Å². The fourth-order valence-corrected chi connectivity index (χ4v) is 4.48. The van der Waals surface area contributed by atoms with Gasteiger partial charge in [-0.3, -0.25) is 9.59 Å². The molecule has 0 unspecified atom stereocenters. The summed E-state index contributed by atoms with van der Waals surface area (Å²) >= 11 is 0. The van der Waals surface area contributed by atoms with Gasteiger partial charge in [-0.2, -0.15) is 0 Å². The first-order valence-electron chi connectivity index (χ1n) is 11.0. The molecular formula is C25H31N3O2. The zero-order valence-electron chi connectivity index (χ0n) is 17.8. The molecule has 0 aliphatic carbocycles. The fraction of sp³-hybridized carbons (Fsp3) is 0.440. The second-order valence-electron chi connectivity index (χ2n) is 8.51. The first kappa shape index (κ1) is 20.6. The van der Waals surface area contributed by atoms with Crippen LogP contribution in [0, 0.1) is 5.92 Å². The van der Waals surface area contributed by atoms with E-state index in [9.17, 15) is 9.59 Å². The standard InChI is InChI=1S/C25H31N3O2/c1-26-15-17-28(18-16-26)24(29)21-11-13-27(14-12-21)25(30)23-10-6-5-9-22(23)19-20-7-3-2-4-8-20/h2-10,21H,11-19H2,1H3. The van der Waals surface area contributed by atoms with Gasteiger partial charge in [-0.15, -0.1) is 0 Å². The van der Waals surface area contributed by atoms with Crippen LogP contribution in [0.5, 0.6) is 0 Å². The van der Waals surface area contributed by atoms with E-state index in [-0.39, 0.29) is 17.7 Å². The third-order valence-corrected chi connectivity index (χ3v) is 6.43. The van der Waals surface area contributed by atoms with Gasteiger partial charge >= 0.3 is 0 Å². The van der Waals surface area contributed by atoms with Crippen molar-refractivity contribution in [1.29, 1.82) is 0 Å². The minimum atomic E-state index is 0.0528. The summed E-state index contributed by atoms with van der Waals surface area (Å²) in [6.07, 6.45) is 2.27. The monoisotopic (exact) mass is 405 g/mol. The van der Waals surface area contributed by atoms with Crippen molar-refractivity contribution in [3.63, 3.8) is 0 Å². The van der Waals surface area contributed by atoms with Crippen LogP contribution < -0.4 is 0 Å². The number of amides is 2. The molecule has 2 fully saturated rings. The minimum absolute atomic E-state index is 0.0528. The van der Waals surface area contributed by atoms with Crippen LogP contribution in [0.1, 0.15) is 34.3 Å². The third kappa shape index (κ3) is 4.73. The molecule has 0 bridgehead atoms. The molecule has 2 amide bonds.